The van der Waals surface area contributed by atoms with Gasteiger partial charge in [0.05, 0.1) is 7.80 Å². The van der Waals surface area contributed by atoms with Crippen LogP contribution in [0.5, 0.6) is 0 Å². The fraction of sp³-hybridized carbons (Fsp3) is 1.00. The molecule has 0 rings (SSSR count). The van der Waals surface area contributed by atoms with Crippen LogP contribution in [0.4, 0.5) is 0 Å². The zero-order chi connectivity index (χ0) is 13.8. The van der Waals surface area contributed by atoms with Crippen LogP contribution in [0, 0.1) is 11.8 Å². The van der Waals surface area contributed by atoms with Gasteiger partial charge in [-0.05, 0) is 24.7 Å². The van der Waals surface area contributed by atoms with Gasteiger partial charge in [0, 0.05) is 12.3 Å². The SMILES string of the molecule is CCCCC(CC)C[P](=O)CC(CC)CCCC. The molecule has 0 N–H and O–H groups in total. The highest BCUT2D eigenvalue weighted by Gasteiger charge is 2.15. The van der Waals surface area contributed by atoms with E-state index in [9.17, 15) is 4.57 Å². The molecule has 0 saturated heterocycles. The maximum Gasteiger partial charge on any atom is 0.0724 e. The van der Waals surface area contributed by atoms with Crippen molar-refractivity contribution in [3.63, 3.8) is 0 Å². The zero-order valence-corrected chi connectivity index (χ0v) is 14.0. The van der Waals surface area contributed by atoms with E-state index in [1.54, 1.807) is 0 Å². The normalized spacial score (nSPS) is 15.4. The van der Waals surface area contributed by atoms with Gasteiger partial charge in [0.1, 0.15) is 0 Å². The molecule has 0 aliphatic rings. The van der Waals surface area contributed by atoms with Crippen LogP contribution in [0.3, 0.4) is 0 Å². The smallest absolute Gasteiger partial charge is 0.0724 e. The molecular formula is C16H34OP. The number of unbranched alkanes of at least 4 members (excludes halogenated alkanes) is 2. The molecule has 2 heteroatoms. The second-order valence-corrected chi connectivity index (χ2v) is 7.37. The van der Waals surface area contributed by atoms with Crippen LogP contribution in [-0.4, -0.2) is 12.3 Å². The Morgan fingerprint density at radius 2 is 1.17 bits per heavy atom. The molecule has 0 amide bonds. The first-order valence-electron chi connectivity index (χ1n) is 8.09. The van der Waals surface area contributed by atoms with Crippen LogP contribution >= 0.6 is 7.80 Å². The van der Waals surface area contributed by atoms with E-state index >= 15 is 0 Å². The van der Waals surface area contributed by atoms with Crippen LogP contribution in [-0.2, 0) is 4.57 Å². The lowest BCUT2D eigenvalue weighted by atomic mass is 10.0. The minimum atomic E-state index is -0.954. The predicted octanol–water partition coefficient (Wildman–Crippen LogP) is 6.25. The Hall–Kier alpha value is 0.100. The van der Waals surface area contributed by atoms with E-state index in [2.05, 4.69) is 27.7 Å². The first-order chi connectivity index (χ1) is 8.67. The molecule has 2 unspecified atom stereocenters. The Morgan fingerprint density at radius 3 is 1.44 bits per heavy atom. The Balaban J connectivity index is 3.96. The summed E-state index contributed by atoms with van der Waals surface area (Å²) in [5.74, 6) is 1.41. The van der Waals surface area contributed by atoms with Crippen molar-refractivity contribution in [2.75, 3.05) is 12.3 Å². The highest BCUT2D eigenvalue weighted by molar-refractivity contribution is 7.44. The molecule has 109 valence electrons. The molecule has 0 aromatic rings. The third-order valence-electron chi connectivity index (χ3n) is 4.01. The first kappa shape index (κ1) is 18.1. The summed E-state index contributed by atoms with van der Waals surface area (Å²) in [6.45, 7) is 8.98. The molecule has 0 saturated carbocycles. The first-order valence-corrected chi connectivity index (χ1v) is 9.72. The quantitative estimate of drug-likeness (QED) is 0.384. The van der Waals surface area contributed by atoms with Crippen molar-refractivity contribution in [3.8, 4) is 0 Å². The molecule has 0 aliphatic carbocycles. The average Bonchev–Trinajstić information content (AvgIpc) is 2.39. The predicted molar refractivity (Wildman–Crippen MR) is 84.0 cm³/mol. The summed E-state index contributed by atoms with van der Waals surface area (Å²) in [7, 11) is -0.954. The molecule has 1 radical (unpaired) electrons. The van der Waals surface area contributed by atoms with Gasteiger partial charge in [0.15, 0.2) is 0 Å². The average molecular weight is 273 g/mol. The van der Waals surface area contributed by atoms with Crippen molar-refractivity contribution < 1.29 is 4.57 Å². The van der Waals surface area contributed by atoms with Crippen molar-refractivity contribution >= 4 is 7.80 Å². The third-order valence-corrected chi connectivity index (χ3v) is 5.86. The molecule has 2 atom stereocenters. The molecule has 0 fully saturated rings. The van der Waals surface area contributed by atoms with Gasteiger partial charge in [0.25, 0.3) is 0 Å². The van der Waals surface area contributed by atoms with E-state index < -0.39 is 7.80 Å². The summed E-state index contributed by atoms with van der Waals surface area (Å²) >= 11 is 0. The molecule has 0 aliphatic heterocycles. The van der Waals surface area contributed by atoms with E-state index in [0.717, 1.165) is 12.3 Å². The fourth-order valence-electron chi connectivity index (χ4n) is 2.49. The summed E-state index contributed by atoms with van der Waals surface area (Å²) in [5, 5.41) is 0. The van der Waals surface area contributed by atoms with E-state index in [1.807, 2.05) is 0 Å². The summed E-state index contributed by atoms with van der Waals surface area (Å²) in [6, 6.07) is 0. The Kier molecular flexibility index (Phi) is 12.2. The van der Waals surface area contributed by atoms with Gasteiger partial charge >= 0.3 is 0 Å². The lowest BCUT2D eigenvalue weighted by Gasteiger charge is -2.17. The number of hydrogen-bond acceptors (Lipinski definition) is 1. The third kappa shape index (κ3) is 9.09. The van der Waals surface area contributed by atoms with Crippen molar-refractivity contribution in [1.29, 1.82) is 0 Å². The second kappa shape index (κ2) is 12.2. The molecular weight excluding hydrogens is 239 g/mol. The molecule has 0 aromatic carbocycles. The summed E-state index contributed by atoms with van der Waals surface area (Å²) in [5.41, 5.74) is 0. The standard InChI is InChI=1S/C16H34OP/c1-5-9-11-15(7-3)13-18(17)14-16(8-4)12-10-6-2/h15-16H,5-14H2,1-4H3. The number of hydrogen-bond donors (Lipinski definition) is 0. The topological polar surface area (TPSA) is 17.1 Å². The van der Waals surface area contributed by atoms with Gasteiger partial charge < -0.3 is 0 Å². The summed E-state index contributed by atoms with van der Waals surface area (Å²) < 4.78 is 12.3. The van der Waals surface area contributed by atoms with Crippen LogP contribution in [0.15, 0.2) is 0 Å². The van der Waals surface area contributed by atoms with Crippen LogP contribution < -0.4 is 0 Å². The van der Waals surface area contributed by atoms with Gasteiger partial charge in [-0.15, -0.1) is 0 Å². The van der Waals surface area contributed by atoms with Crippen LogP contribution in [0.2, 0.25) is 0 Å². The molecule has 1 nitrogen and oxygen atoms in total. The molecule has 0 bridgehead atoms. The lowest BCUT2D eigenvalue weighted by Crippen LogP contribution is -2.07. The largest absolute Gasteiger partial charge is 0.287 e. The van der Waals surface area contributed by atoms with Gasteiger partial charge in [0.2, 0.25) is 0 Å². The summed E-state index contributed by atoms with van der Waals surface area (Å²) in [4.78, 5) is 0. The highest BCUT2D eigenvalue weighted by atomic mass is 31.1. The molecule has 18 heavy (non-hydrogen) atoms. The minimum Gasteiger partial charge on any atom is -0.287 e. The van der Waals surface area contributed by atoms with E-state index in [1.165, 1.54) is 51.4 Å². The van der Waals surface area contributed by atoms with Gasteiger partial charge in [-0.25, -0.2) is 0 Å². The Labute approximate surface area is 116 Å². The Morgan fingerprint density at radius 1 is 0.778 bits per heavy atom. The highest BCUT2D eigenvalue weighted by Crippen LogP contribution is 2.33. The van der Waals surface area contributed by atoms with E-state index in [0.29, 0.717) is 11.8 Å². The monoisotopic (exact) mass is 273 g/mol. The molecule has 0 spiro atoms. The van der Waals surface area contributed by atoms with Gasteiger partial charge in [-0.1, -0.05) is 66.2 Å². The van der Waals surface area contributed by atoms with Gasteiger partial charge in [-0.2, -0.15) is 0 Å². The lowest BCUT2D eigenvalue weighted by molar-refractivity contribution is 0.470. The van der Waals surface area contributed by atoms with Crippen molar-refractivity contribution in [2.24, 2.45) is 11.8 Å². The van der Waals surface area contributed by atoms with Crippen LogP contribution in [0.1, 0.15) is 79.1 Å². The van der Waals surface area contributed by atoms with Crippen molar-refractivity contribution in [2.45, 2.75) is 79.1 Å². The van der Waals surface area contributed by atoms with E-state index in [-0.39, 0.29) is 0 Å². The van der Waals surface area contributed by atoms with E-state index in [4.69, 9.17) is 0 Å². The van der Waals surface area contributed by atoms with Gasteiger partial charge in [-0.3, -0.25) is 4.57 Å². The van der Waals surface area contributed by atoms with Crippen molar-refractivity contribution in [3.05, 3.63) is 0 Å². The van der Waals surface area contributed by atoms with Crippen LogP contribution in [0.25, 0.3) is 0 Å². The minimum absolute atomic E-state index is 0.706. The molecule has 0 aromatic heterocycles. The maximum atomic E-state index is 12.3. The maximum absolute atomic E-state index is 12.3. The van der Waals surface area contributed by atoms with Crippen molar-refractivity contribution in [1.82, 2.24) is 0 Å². The molecule has 0 heterocycles. The fourth-order valence-corrected chi connectivity index (χ4v) is 4.67. The second-order valence-electron chi connectivity index (χ2n) is 5.68. The Bertz CT molecular complexity index is 183. The summed E-state index contributed by atoms with van der Waals surface area (Å²) in [6.07, 6.45) is 12.0. The number of rotatable bonds is 12. The zero-order valence-electron chi connectivity index (χ0n) is 13.1.